The minimum Gasteiger partial charge on any atom is -0.374 e. The van der Waals surface area contributed by atoms with Crippen LogP contribution in [0.5, 0.6) is 0 Å². The first-order valence-electron chi connectivity index (χ1n) is 15.8. The average Bonchev–Trinajstić information content (AvgIpc) is 2.95. The maximum absolute atomic E-state index is 13.5. The van der Waals surface area contributed by atoms with Crippen LogP contribution in [0.3, 0.4) is 0 Å². The Bertz CT molecular complexity index is 1120. The van der Waals surface area contributed by atoms with Crippen LogP contribution in [0.2, 0.25) is 0 Å². The van der Waals surface area contributed by atoms with Gasteiger partial charge in [0.25, 0.3) is 5.69 Å². The predicted molar refractivity (Wildman–Crippen MR) is 171 cm³/mol. The molecule has 0 amide bonds. The highest BCUT2D eigenvalue weighted by molar-refractivity contribution is 7.89. The van der Waals surface area contributed by atoms with E-state index in [0.717, 1.165) is 24.8 Å². The molecule has 0 radical (unpaired) electrons. The van der Waals surface area contributed by atoms with Crippen molar-refractivity contribution in [2.75, 3.05) is 18.9 Å². The van der Waals surface area contributed by atoms with Crippen LogP contribution in [0.15, 0.2) is 47.4 Å². The Morgan fingerprint density at radius 1 is 0.756 bits per heavy atom. The quantitative estimate of drug-likeness (QED) is 0.0794. The van der Waals surface area contributed by atoms with Gasteiger partial charge in [0.15, 0.2) is 0 Å². The van der Waals surface area contributed by atoms with E-state index >= 15 is 0 Å². The average molecular weight is 588 g/mol. The molecular weight excluding hydrogens is 534 g/mol. The normalized spacial score (nSPS) is 11.7. The van der Waals surface area contributed by atoms with E-state index in [2.05, 4.69) is 12.2 Å². The molecule has 41 heavy (non-hydrogen) atoms. The van der Waals surface area contributed by atoms with Crippen molar-refractivity contribution in [1.82, 2.24) is 4.31 Å². The number of nitro groups is 1. The maximum atomic E-state index is 13.5. The lowest BCUT2D eigenvalue weighted by Crippen LogP contribution is -2.29. The number of unbranched alkanes of at least 4 members (excludes halogenated alkanes) is 15. The molecule has 0 aliphatic heterocycles. The maximum Gasteiger partial charge on any atom is 0.296 e. The SMILES string of the molecule is CCCCCCCCCCCCCCCCCCN(C)S(=O)(=O)c1ccc(C)c([N+](=O)[O-])c1NCc1ccccc1. The summed E-state index contributed by atoms with van der Waals surface area (Å²) in [5, 5.41) is 15.0. The number of anilines is 1. The molecule has 0 unspecified atom stereocenters. The van der Waals surface area contributed by atoms with Crippen molar-refractivity contribution < 1.29 is 13.3 Å². The fourth-order valence-corrected chi connectivity index (χ4v) is 6.63. The van der Waals surface area contributed by atoms with E-state index in [4.69, 9.17) is 0 Å². The van der Waals surface area contributed by atoms with Gasteiger partial charge in [-0.05, 0) is 25.0 Å². The number of nitro benzene ring substituents is 1. The summed E-state index contributed by atoms with van der Waals surface area (Å²) in [7, 11) is -2.34. The van der Waals surface area contributed by atoms with Gasteiger partial charge < -0.3 is 5.32 Å². The molecule has 0 aliphatic carbocycles. The monoisotopic (exact) mass is 587 g/mol. The molecule has 7 nitrogen and oxygen atoms in total. The summed E-state index contributed by atoms with van der Waals surface area (Å²) >= 11 is 0. The second-order valence-corrected chi connectivity index (χ2v) is 13.3. The molecule has 0 saturated heterocycles. The standard InChI is InChI=1S/C33H53N3O4S/c1-4-5-6-7-8-9-10-11-12-13-14-15-16-17-18-22-27-35(3)41(39,40)31-26-25-29(2)33(36(37)38)32(31)34-28-30-23-20-19-21-24-30/h19-21,23-26,34H,4-18,22,27-28H2,1-3H3. The third kappa shape index (κ3) is 12.5. The van der Waals surface area contributed by atoms with E-state index in [1.54, 1.807) is 14.0 Å². The van der Waals surface area contributed by atoms with Gasteiger partial charge in [0.05, 0.1) is 4.92 Å². The first kappa shape index (κ1) is 34.7. The van der Waals surface area contributed by atoms with Crippen LogP contribution in [0.25, 0.3) is 0 Å². The minimum absolute atomic E-state index is 0.0512. The van der Waals surface area contributed by atoms with Gasteiger partial charge in [-0.3, -0.25) is 10.1 Å². The number of sulfonamides is 1. The molecule has 0 heterocycles. The van der Waals surface area contributed by atoms with Crippen LogP contribution >= 0.6 is 0 Å². The Labute approximate surface area is 249 Å². The van der Waals surface area contributed by atoms with E-state index in [-0.39, 0.29) is 22.8 Å². The molecule has 0 bridgehead atoms. The smallest absolute Gasteiger partial charge is 0.296 e. The molecule has 2 aromatic rings. The van der Waals surface area contributed by atoms with E-state index in [1.165, 1.54) is 99.9 Å². The summed E-state index contributed by atoms with van der Waals surface area (Å²) in [4.78, 5) is 11.3. The van der Waals surface area contributed by atoms with Gasteiger partial charge in [0.2, 0.25) is 10.0 Å². The molecule has 0 fully saturated rings. The van der Waals surface area contributed by atoms with Gasteiger partial charge in [-0.1, -0.05) is 140 Å². The highest BCUT2D eigenvalue weighted by atomic mass is 32.2. The number of nitrogens with one attached hydrogen (secondary N) is 1. The van der Waals surface area contributed by atoms with Crippen molar-refractivity contribution in [2.45, 2.75) is 128 Å². The number of aryl methyl sites for hydroxylation is 1. The number of nitrogens with zero attached hydrogens (tertiary/aromatic N) is 2. The lowest BCUT2D eigenvalue weighted by molar-refractivity contribution is -0.384. The van der Waals surface area contributed by atoms with Crippen molar-refractivity contribution in [3.63, 3.8) is 0 Å². The zero-order valence-corrected chi connectivity index (χ0v) is 26.5. The van der Waals surface area contributed by atoms with Crippen molar-refractivity contribution >= 4 is 21.4 Å². The lowest BCUT2D eigenvalue weighted by atomic mass is 10.0. The molecule has 0 aliphatic rings. The Hall–Kier alpha value is -2.45. The van der Waals surface area contributed by atoms with Crippen LogP contribution in [0.1, 0.15) is 121 Å². The van der Waals surface area contributed by atoms with Gasteiger partial charge in [-0.2, -0.15) is 0 Å². The van der Waals surface area contributed by atoms with Crippen molar-refractivity contribution in [3.8, 4) is 0 Å². The zero-order chi connectivity index (χ0) is 29.9. The predicted octanol–water partition coefficient (Wildman–Crippen LogP) is 9.40. The minimum atomic E-state index is -3.90. The summed E-state index contributed by atoms with van der Waals surface area (Å²) in [6.07, 6.45) is 20.3. The molecule has 0 atom stereocenters. The number of benzene rings is 2. The molecule has 0 aromatic heterocycles. The van der Waals surface area contributed by atoms with E-state index in [1.807, 2.05) is 30.3 Å². The molecule has 8 heteroatoms. The van der Waals surface area contributed by atoms with Gasteiger partial charge in [0, 0.05) is 25.7 Å². The molecule has 2 aromatic carbocycles. The van der Waals surface area contributed by atoms with E-state index in [9.17, 15) is 18.5 Å². The molecule has 0 spiro atoms. The molecule has 0 saturated carbocycles. The Morgan fingerprint density at radius 2 is 1.24 bits per heavy atom. The van der Waals surface area contributed by atoms with Gasteiger partial charge in [-0.25, -0.2) is 12.7 Å². The zero-order valence-electron chi connectivity index (χ0n) is 25.7. The molecule has 1 N–H and O–H groups in total. The lowest BCUT2D eigenvalue weighted by Gasteiger charge is -2.20. The van der Waals surface area contributed by atoms with E-state index in [0.29, 0.717) is 12.1 Å². The molecular formula is C33H53N3O4S. The van der Waals surface area contributed by atoms with Crippen molar-refractivity contribution in [2.24, 2.45) is 0 Å². The van der Waals surface area contributed by atoms with Crippen LogP contribution < -0.4 is 5.32 Å². The number of hydrogen-bond acceptors (Lipinski definition) is 5. The molecule has 2 rings (SSSR count). The highest BCUT2D eigenvalue weighted by Gasteiger charge is 2.30. The van der Waals surface area contributed by atoms with Crippen LogP contribution in [0.4, 0.5) is 11.4 Å². The van der Waals surface area contributed by atoms with Crippen molar-refractivity contribution in [3.05, 3.63) is 63.7 Å². The van der Waals surface area contributed by atoms with Crippen LogP contribution in [-0.4, -0.2) is 31.2 Å². The van der Waals surface area contributed by atoms with Gasteiger partial charge in [0.1, 0.15) is 10.6 Å². The highest BCUT2D eigenvalue weighted by Crippen LogP contribution is 2.36. The number of rotatable bonds is 23. The fourth-order valence-electron chi connectivity index (χ4n) is 5.25. The Balaban J connectivity index is 1.74. The topological polar surface area (TPSA) is 92.5 Å². The number of hydrogen-bond donors (Lipinski definition) is 1. The Kier molecular flexibility index (Phi) is 16.6. The van der Waals surface area contributed by atoms with E-state index < -0.39 is 14.9 Å². The Morgan fingerprint density at radius 3 is 1.73 bits per heavy atom. The van der Waals surface area contributed by atoms with Crippen LogP contribution in [0, 0.1) is 17.0 Å². The summed E-state index contributed by atoms with van der Waals surface area (Å²) in [6.45, 7) is 4.57. The second-order valence-electron chi connectivity index (χ2n) is 11.3. The summed E-state index contributed by atoms with van der Waals surface area (Å²) in [5.41, 5.74) is 1.19. The summed E-state index contributed by atoms with van der Waals surface area (Å²) in [5.74, 6) is 0. The first-order chi connectivity index (χ1) is 19.8. The third-order valence-electron chi connectivity index (χ3n) is 7.85. The van der Waals surface area contributed by atoms with Crippen LogP contribution in [-0.2, 0) is 16.6 Å². The second kappa shape index (κ2) is 19.6. The fraction of sp³-hybridized carbons (Fsp3) is 0.636. The van der Waals surface area contributed by atoms with Crippen molar-refractivity contribution in [1.29, 1.82) is 0 Å². The first-order valence-corrected chi connectivity index (χ1v) is 17.2. The summed E-state index contributed by atoms with van der Waals surface area (Å²) < 4.78 is 28.3. The summed E-state index contributed by atoms with van der Waals surface area (Å²) in [6, 6.07) is 12.4. The van der Waals surface area contributed by atoms with Gasteiger partial charge in [-0.15, -0.1) is 0 Å². The van der Waals surface area contributed by atoms with Gasteiger partial charge >= 0.3 is 0 Å². The largest absolute Gasteiger partial charge is 0.374 e. The molecule has 230 valence electrons. The third-order valence-corrected chi connectivity index (χ3v) is 9.75.